The number of thiophene rings is 1. The highest BCUT2D eigenvalue weighted by Crippen LogP contribution is 2.33. The lowest BCUT2D eigenvalue weighted by molar-refractivity contribution is -0.117. The number of rotatable bonds is 6. The van der Waals surface area contributed by atoms with Crippen LogP contribution in [0.15, 0.2) is 42.7 Å². The second kappa shape index (κ2) is 7.55. The molecule has 1 fully saturated rings. The highest BCUT2D eigenvalue weighted by atomic mass is 32.1. The van der Waals surface area contributed by atoms with Gasteiger partial charge in [0.2, 0.25) is 0 Å². The number of nitrogens with two attached hydrogens (primary N) is 1. The smallest absolute Gasteiger partial charge is 0.187 e. The van der Waals surface area contributed by atoms with Crippen LogP contribution in [0.3, 0.4) is 0 Å². The van der Waals surface area contributed by atoms with Crippen LogP contribution >= 0.6 is 11.3 Å². The van der Waals surface area contributed by atoms with Gasteiger partial charge in [-0.1, -0.05) is 5.21 Å². The average Bonchev–Trinajstić information content (AvgIpc) is 3.42. The van der Waals surface area contributed by atoms with Gasteiger partial charge in [0, 0.05) is 40.3 Å². The van der Waals surface area contributed by atoms with Crippen LogP contribution in [-0.4, -0.2) is 40.2 Å². The molecule has 7 nitrogen and oxygen atoms in total. The third-order valence-corrected chi connectivity index (χ3v) is 5.57. The predicted octanol–water partition coefficient (Wildman–Crippen LogP) is 2.03. The highest BCUT2D eigenvalue weighted by Gasteiger charge is 2.33. The molecule has 2 atom stereocenters. The first-order valence-corrected chi connectivity index (χ1v) is 9.30. The van der Waals surface area contributed by atoms with Gasteiger partial charge in [-0.15, -0.1) is 16.4 Å². The number of aldehydes is 1. The normalized spacial score (nSPS) is 19.6. The van der Waals surface area contributed by atoms with Crippen LogP contribution in [0, 0.1) is 5.82 Å². The van der Waals surface area contributed by atoms with Crippen molar-refractivity contribution in [3.8, 4) is 10.4 Å². The molecule has 1 aliphatic rings. The minimum atomic E-state index is -0.755. The molecule has 0 aliphatic carbocycles. The van der Waals surface area contributed by atoms with E-state index in [0.717, 1.165) is 16.0 Å². The largest absolute Gasteiger partial charge is 0.344 e. The molecule has 140 valence electrons. The zero-order valence-electron chi connectivity index (χ0n) is 14.4. The van der Waals surface area contributed by atoms with E-state index < -0.39 is 6.23 Å². The molecule has 4 rings (SSSR count). The summed E-state index contributed by atoms with van der Waals surface area (Å²) in [5.41, 5.74) is 6.75. The Hall–Kier alpha value is -2.62. The molecule has 9 heteroatoms. The van der Waals surface area contributed by atoms with E-state index in [-0.39, 0.29) is 11.9 Å². The van der Waals surface area contributed by atoms with Crippen molar-refractivity contribution in [2.24, 2.45) is 5.73 Å². The fraction of sp³-hybridized carbons (Fsp3) is 0.278. The Balaban J connectivity index is 1.55. The fourth-order valence-electron chi connectivity index (χ4n) is 3.15. The van der Waals surface area contributed by atoms with E-state index in [2.05, 4.69) is 10.3 Å². The standard InChI is InChI=1S/C18H18FN5O2S/c19-16-7-12(1-3-15(16)17-4-2-14(8-20)27-17)24-10-13(26-18(24)11-25)9-23-6-5-21-22-23/h1-7,11,13,18H,8-10,20H2. The molecule has 1 saturated heterocycles. The predicted molar refractivity (Wildman–Crippen MR) is 99.7 cm³/mol. The van der Waals surface area contributed by atoms with Crippen molar-refractivity contribution in [1.82, 2.24) is 15.0 Å². The van der Waals surface area contributed by atoms with Crippen molar-refractivity contribution in [3.63, 3.8) is 0 Å². The summed E-state index contributed by atoms with van der Waals surface area (Å²) in [6, 6.07) is 8.74. The Labute approximate surface area is 159 Å². The topological polar surface area (TPSA) is 86.3 Å². The molecule has 0 amide bonds. The molecule has 0 saturated carbocycles. The van der Waals surface area contributed by atoms with E-state index in [4.69, 9.17) is 10.5 Å². The van der Waals surface area contributed by atoms with Gasteiger partial charge in [0.1, 0.15) is 5.82 Å². The molecule has 3 heterocycles. The molecule has 1 aromatic carbocycles. The quantitative estimate of drug-likeness (QED) is 0.652. The van der Waals surface area contributed by atoms with Gasteiger partial charge in [0.15, 0.2) is 12.5 Å². The van der Waals surface area contributed by atoms with Crippen molar-refractivity contribution in [2.45, 2.75) is 25.4 Å². The lowest BCUT2D eigenvalue weighted by Crippen LogP contribution is -2.31. The molecule has 27 heavy (non-hydrogen) atoms. The number of carbonyl (C=O) groups excluding carboxylic acids is 1. The first-order chi connectivity index (χ1) is 13.2. The summed E-state index contributed by atoms with van der Waals surface area (Å²) in [5.74, 6) is -0.345. The van der Waals surface area contributed by atoms with Crippen LogP contribution in [0.2, 0.25) is 0 Å². The number of aromatic nitrogens is 3. The first-order valence-electron chi connectivity index (χ1n) is 8.48. The second-order valence-corrected chi connectivity index (χ2v) is 7.36. The molecule has 0 bridgehead atoms. The number of ether oxygens (including phenoxy) is 1. The van der Waals surface area contributed by atoms with Crippen molar-refractivity contribution >= 4 is 23.3 Å². The van der Waals surface area contributed by atoms with E-state index >= 15 is 0 Å². The Bertz CT molecular complexity index is 930. The van der Waals surface area contributed by atoms with Crippen LogP contribution < -0.4 is 10.6 Å². The van der Waals surface area contributed by atoms with Crippen LogP contribution in [0.1, 0.15) is 4.88 Å². The SMILES string of the molecule is NCc1ccc(-c2ccc(N3CC(Cn4ccnn4)OC3C=O)cc2F)s1. The Morgan fingerprint density at radius 2 is 2.26 bits per heavy atom. The summed E-state index contributed by atoms with van der Waals surface area (Å²) in [4.78, 5) is 15.0. The number of halogens is 1. The molecule has 2 aromatic heterocycles. The maximum atomic E-state index is 14.7. The summed E-state index contributed by atoms with van der Waals surface area (Å²) in [5, 5.41) is 7.67. The summed E-state index contributed by atoms with van der Waals surface area (Å²) in [6.45, 7) is 1.36. The van der Waals surface area contributed by atoms with Gasteiger partial charge in [0.25, 0.3) is 0 Å². The summed E-state index contributed by atoms with van der Waals surface area (Å²) >= 11 is 1.47. The maximum Gasteiger partial charge on any atom is 0.187 e. The van der Waals surface area contributed by atoms with Gasteiger partial charge in [-0.2, -0.15) is 0 Å². The highest BCUT2D eigenvalue weighted by molar-refractivity contribution is 7.15. The summed E-state index contributed by atoms with van der Waals surface area (Å²) in [6.07, 6.45) is 3.04. The van der Waals surface area contributed by atoms with Crippen molar-refractivity contribution in [1.29, 1.82) is 0 Å². The number of anilines is 1. The first kappa shape index (κ1) is 17.8. The van der Waals surface area contributed by atoms with E-state index in [1.807, 2.05) is 12.1 Å². The maximum absolute atomic E-state index is 14.7. The number of nitrogens with zero attached hydrogens (tertiary/aromatic N) is 4. The minimum absolute atomic E-state index is 0.242. The molecule has 2 unspecified atom stereocenters. The fourth-order valence-corrected chi connectivity index (χ4v) is 4.06. The number of hydrogen-bond donors (Lipinski definition) is 1. The third-order valence-electron chi connectivity index (χ3n) is 4.43. The van der Waals surface area contributed by atoms with Gasteiger partial charge >= 0.3 is 0 Å². The number of benzene rings is 1. The van der Waals surface area contributed by atoms with E-state index in [1.54, 1.807) is 34.1 Å². The lowest BCUT2D eigenvalue weighted by Gasteiger charge is -2.21. The van der Waals surface area contributed by atoms with Gasteiger partial charge in [-0.25, -0.2) is 9.07 Å². The van der Waals surface area contributed by atoms with Gasteiger partial charge in [-0.05, 0) is 30.3 Å². The molecule has 2 N–H and O–H groups in total. The van der Waals surface area contributed by atoms with E-state index in [9.17, 15) is 9.18 Å². The Kier molecular flexibility index (Phi) is 4.97. The van der Waals surface area contributed by atoms with Crippen molar-refractivity contribution < 1.29 is 13.9 Å². The zero-order valence-corrected chi connectivity index (χ0v) is 15.2. The van der Waals surface area contributed by atoms with Crippen LogP contribution in [-0.2, 0) is 22.6 Å². The van der Waals surface area contributed by atoms with Crippen LogP contribution in [0.4, 0.5) is 10.1 Å². The second-order valence-electron chi connectivity index (χ2n) is 6.20. The molecular weight excluding hydrogens is 369 g/mol. The number of carbonyl (C=O) groups is 1. The van der Waals surface area contributed by atoms with E-state index in [0.29, 0.717) is 30.9 Å². The van der Waals surface area contributed by atoms with E-state index in [1.165, 1.54) is 17.4 Å². The number of hydrogen-bond acceptors (Lipinski definition) is 7. The Morgan fingerprint density at radius 3 is 2.93 bits per heavy atom. The molecule has 0 spiro atoms. The summed E-state index contributed by atoms with van der Waals surface area (Å²) in [7, 11) is 0. The zero-order chi connectivity index (χ0) is 18.8. The molecule has 1 aliphatic heterocycles. The third kappa shape index (κ3) is 3.61. The van der Waals surface area contributed by atoms with Gasteiger partial charge in [-0.3, -0.25) is 4.79 Å². The average molecular weight is 387 g/mol. The molecular formula is C18H18FN5O2S. The summed E-state index contributed by atoms with van der Waals surface area (Å²) < 4.78 is 22.1. The monoisotopic (exact) mass is 387 g/mol. The van der Waals surface area contributed by atoms with Gasteiger partial charge < -0.3 is 15.4 Å². The van der Waals surface area contributed by atoms with Crippen molar-refractivity contribution in [3.05, 3.63) is 53.4 Å². The minimum Gasteiger partial charge on any atom is -0.344 e. The van der Waals surface area contributed by atoms with Gasteiger partial charge in [0.05, 0.1) is 18.8 Å². The molecule has 3 aromatic rings. The van der Waals surface area contributed by atoms with Crippen molar-refractivity contribution in [2.75, 3.05) is 11.4 Å². The van der Waals surface area contributed by atoms with Crippen LogP contribution in [0.25, 0.3) is 10.4 Å². The lowest BCUT2D eigenvalue weighted by atomic mass is 10.1. The van der Waals surface area contributed by atoms with Crippen LogP contribution in [0.5, 0.6) is 0 Å². The molecule has 0 radical (unpaired) electrons. The Morgan fingerprint density at radius 1 is 1.37 bits per heavy atom.